The fourth-order valence-corrected chi connectivity index (χ4v) is 5.25. The molecule has 222 valence electrons. The first-order valence-electron chi connectivity index (χ1n) is 13.7. The van der Waals surface area contributed by atoms with Crippen molar-refractivity contribution >= 4 is 52.4 Å². The molecule has 0 radical (unpaired) electrons. The Kier molecular flexibility index (Phi) is 10.5. The highest BCUT2D eigenvalue weighted by molar-refractivity contribution is 6.40. The van der Waals surface area contributed by atoms with Gasteiger partial charge in [0.1, 0.15) is 5.75 Å². The Morgan fingerprint density at radius 1 is 0.884 bits per heavy atom. The van der Waals surface area contributed by atoms with Gasteiger partial charge in [0, 0.05) is 23.5 Å². The standard InChI is InChI=1S/C34H32Cl2N2O5/c1-21(2)20-38(33(40)23-12-16-27(43-3)17-13-23)26-7-4-6-24(19-26)28(34(41)42)18-22-10-14-25(15-11-22)37-32(39)31-29(35)8-5-9-30(31)36/h4-17,19,21,28H,18,20H2,1-3H3,(H,37,39)(H,41,42). The fourth-order valence-electron chi connectivity index (χ4n) is 4.69. The van der Waals surface area contributed by atoms with Gasteiger partial charge in [0.25, 0.3) is 11.8 Å². The van der Waals surface area contributed by atoms with Gasteiger partial charge in [-0.25, -0.2) is 0 Å². The van der Waals surface area contributed by atoms with Gasteiger partial charge in [-0.1, -0.05) is 67.4 Å². The van der Waals surface area contributed by atoms with Crippen molar-refractivity contribution in [2.75, 3.05) is 23.9 Å². The molecule has 0 fully saturated rings. The fraction of sp³-hybridized carbons (Fsp3) is 0.206. The second-order valence-electron chi connectivity index (χ2n) is 10.5. The molecular formula is C34H32Cl2N2O5. The number of rotatable bonds is 11. The van der Waals surface area contributed by atoms with Crippen LogP contribution in [0.5, 0.6) is 5.75 Å². The summed E-state index contributed by atoms with van der Waals surface area (Å²) >= 11 is 12.3. The Morgan fingerprint density at radius 3 is 2.09 bits per heavy atom. The van der Waals surface area contributed by atoms with Crippen molar-refractivity contribution in [2.24, 2.45) is 5.92 Å². The van der Waals surface area contributed by atoms with E-state index >= 15 is 0 Å². The van der Waals surface area contributed by atoms with Crippen LogP contribution >= 0.6 is 23.2 Å². The molecular weight excluding hydrogens is 587 g/mol. The second-order valence-corrected chi connectivity index (χ2v) is 11.3. The van der Waals surface area contributed by atoms with Gasteiger partial charge < -0.3 is 20.1 Å². The minimum absolute atomic E-state index is 0.175. The number of amides is 2. The molecule has 0 bridgehead atoms. The SMILES string of the molecule is COc1ccc(C(=O)N(CC(C)C)c2cccc(C(Cc3ccc(NC(=O)c4c(Cl)cccc4Cl)cc3)C(=O)O)c2)cc1. The summed E-state index contributed by atoms with van der Waals surface area (Å²) in [6.07, 6.45) is 0.208. The maximum atomic E-state index is 13.5. The lowest BCUT2D eigenvalue weighted by Gasteiger charge is -2.26. The Hall–Kier alpha value is -4.33. The highest BCUT2D eigenvalue weighted by Crippen LogP contribution is 2.29. The summed E-state index contributed by atoms with van der Waals surface area (Å²) in [5.41, 5.74) is 3.16. The van der Waals surface area contributed by atoms with E-state index in [2.05, 4.69) is 5.32 Å². The predicted molar refractivity (Wildman–Crippen MR) is 171 cm³/mol. The van der Waals surface area contributed by atoms with Crippen LogP contribution in [-0.2, 0) is 11.2 Å². The zero-order chi connectivity index (χ0) is 31.1. The second kappa shape index (κ2) is 14.2. The van der Waals surface area contributed by atoms with E-state index in [4.69, 9.17) is 27.9 Å². The van der Waals surface area contributed by atoms with Crippen LogP contribution in [0.2, 0.25) is 10.0 Å². The number of carboxylic acids is 1. The molecule has 1 unspecified atom stereocenters. The van der Waals surface area contributed by atoms with Gasteiger partial charge >= 0.3 is 5.97 Å². The maximum absolute atomic E-state index is 13.5. The smallest absolute Gasteiger partial charge is 0.311 e. The quantitative estimate of drug-likeness (QED) is 0.178. The molecule has 1 atom stereocenters. The van der Waals surface area contributed by atoms with Crippen LogP contribution in [0.15, 0.2) is 91.0 Å². The number of hydrogen-bond donors (Lipinski definition) is 2. The van der Waals surface area contributed by atoms with E-state index in [1.165, 1.54) is 0 Å². The molecule has 0 aliphatic rings. The predicted octanol–water partition coefficient (Wildman–Crippen LogP) is 7.97. The summed E-state index contributed by atoms with van der Waals surface area (Å²) in [5, 5.41) is 13.4. The average molecular weight is 620 g/mol. The third-order valence-electron chi connectivity index (χ3n) is 6.85. The van der Waals surface area contributed by atoms with E-state index in [0.29, 0.717) is 34.8 Å². The molecule has 0 heterocycles. The summed E-state index contributed by atoms with van der Waals surface area (Å²) in [4.78, 5) is 40.4. The van der Waals surface area contributed by atoms with E-state index in [9.17, 15) is 19.5 Å². The first-order valence-corrected chi connectivity index (χ1v) is 14.5. The van der Waals surface area contributed by atoms with Gasteiger partial charge in [-0.05, 0) is 84.1 Å². The van der Waals surface area contributed by atoms with Crippen LogP contribution in [0.25, 0.3) is 0 Å². The summed E-state index contributed by atoms with van der Waals surface area (Å²) in [5.74, 6) is -1.65. The van der Waals surface area contributed by atoms with Crippen molar-refractivity contribution in [3.05, 3.63) is 123 Å². The highest BCUT2D eigenvalue weighted by atomic mass is 35.5. The lowest BCUT2D eigenvalue weighted by molar-refractivity contribution is -0.138. The Morgan fingerprint density at radius 2 is 1.51 bits per heavy atom. The lowest BCUT2D eigenvalue weighted by atomic mass is 9.91. The summed E-state index contributed by atoms with van der Waals surface area (Å²) in [6, 6.07) is 25.8. The third kappa shape index (κ3) is 7.95. The van der Waals surface area contributed by atoms with Crippen molar-refractivity contribution in [1.29, 1.82) is 0 Å². The normalized spacial score (nSPS) is 11.6. The van der Waals surface area contributed by atoms with Gasteiger partial charge in [0.05, 0.1) is 28.6 Å². The Balaban J connectivity index is 1.54. The summed E-state index contributed by atoms with van der Waals surface area (Å²) < 4.78 is 5.21. The summed E-state index contributed by atoms with van der Waals surface area (Å²) in [7, 11) is 1.57. The summed E-state index contributed by atoms with van der Waals surface area (Å²) in [6.45, 7) is 4.50. The van der Waals surface area contributed by atoms with E-state index in [0.717, 1.165) is 5.56 Å². The molecule has 0 aliphatic heterocycles. The van der Waals surface area contributed by atoms with Crippen LogP contribution in [0.4, 0.5) is 11.4 Å². The maximum Gasteiger partial charge on any atom is 0.311 e. The van der Waals surface area contributed by atoms with Crippen molar-refractivity contribution in [3.63, 3.8) is 0 Å². The van der Waals surface area contributed by atoms with Gasteiger partial charge in [0.2, 0.25) is 0 Å². The number of nitrogens with zero attached hydrogens (tertiary/aromatic N) is 1. The number of hydrogen-bond acceptors (Lipinski definition) is 4. The van der Waals surface area contributed by atoms with E-state index < -0.39 is 17.8 Å². The number of ether oxygens (including phenoxy) is 1. The molecule has 7 nitrogen and oxygen atoms in total. The third-order valence-corrected chi connectivity index (χ3v) is 7.48. The molecule has 0 aliphatic carbocycles. The van der Waals surface area contributed by atoms with Crippen molar-refractivity contribution in [1.82, 2.24) is 0 Å². The number of carbonyl (C=O) groups excluding carboxylic acids is 2. The average Bonchev–Trinajstić information content (AvgIpc) is 2.99. The number of halogens is 2. The monoisotopic (exact) mass is 618 g/mol. The number of carbonyl (C=O) groups is 3. The Labute approximate surface area is 261 Å². The minimum Gasteiger partial charge on any atom is -0.497 e. The molecule has 9 heteroatoms. The Bertz CT molecular complexity index is 1580. The number of anilines is 2. The van der Waals surface area contributed by atoms with Gasteiger partial charge in [-0.3, -0.25) is 14.4 Å². The molecule has 4 rings (SSSR count). The van der Waals surface area contributed by atoms with Crippen LogP contribution < -0.4 is 15.0 Å². The van der Waals surface area contributed by atoms with Gasteiger partial charge in [0.15, 0.2) is 0 Å². The molecule has 2 N–H and O–H groups in total. The number of methoxy groups -OCH3 is 1. The molecule has 0 spiro atoms. The van der Waals surface area contributed by atoms with Crippen LogP contribution in [0.1, 0.15) is 51.6 Å². The number of benzene rings is 4. The number of aliphatic carboxylic acids is 1. The van der Waals surface area contributed by atoms with Gasteiger partial charge in [-0.2, -0.15) is 0 Å². The first kappa shape index (κ1) is 31.6. The minimum atomic E-state index is -0.986. The number of nitrogens with one attached hydrogen (secondary N) is 1. The largest absolute Gasteiger partial charge is 0.497 e. The highest BCUT2D eigenvalue weighted by Gasteiger charge is 2.24. The molecule has 43 heavy (non-hydrogen) atoms. The lowest BCUT2D eigenvalue weighted by Crippen LogP contribution is -2.34. The van der Waals surface area contributed by atoms with Crippen molar-refractivity contribution < 1.29 is 24.2 Å². The van der Waals surface area contributed by atoms with Crippen LogP contribution in [-0.4, -0.2) is 36.5 Å². The van der Waals surface area contributed by atoms with E-state index in [-0.39, 0.29) is 33.9 Å². The molecule has 4 aromatic rings. The van der Waals surface area contributed by atoms with Gasteiger partial charge in [-0.15, -0.1) is 0 Å². The molecule has 0 aromatic heterocycles. The number of carboxylic acid groups (broad SMARTS) is 1. The molecule has 0 saturated heterocycles. The topological polar surface area (TPSA) is 95.9 Å². The van der Waals surface area contributed by atoms with Crippen molar-refractivity contribution in [2.45, 2.75) is 26.2 Å². The zero-order valence-corrected chi connectivity index (χ0v) is 25.5. The molecule has 2 amide bonds. The van der Waals surface area contributed by atoms with Crippen LogP contribution in [0.3, 0.4) is 0 Å². The zero-order valence-electron chi connectivity index (χ0n) is 24.0. The molecule has 4 aromatic carbocycles. The van der Waals surface area contributed by atoms with Crippen LogP contribution in [0, 0.1) is 5.92 Å². The molecule has 0 saturated carbocycles. The van der Waals surface area contributed by atoms with E-state index in [1.54, 1.807) is 96.9 Å². The first-order chi connectivity index (χ1) is 20.6. The van der Waals surface area contributed by atoms with E-state index in [1.807, 2.05) is 19.9 Å². The van der Waals surface area contributed by atoms with Crippen molar-refractivity contribution in [3.8, 4) is 5.75 Å².